The number of pyridine rings is 1. The van der Waals surface area contributed by atoms with Crippen molar-refractivity contribution >= 4 is 23.1 Å². The number of carbonyl (C=O) groups is 1. The maximum absolute atomic E-state index is 11.7. The van der Waals surface area contributed by atoms with Gasteiger partial charge in [-0.05, 0) is 55.0 Å². The van der Waals surface area contributed by atoms with Crippen LogP contribution in [-0.2, 0) is 17.6 Å². The molecule has 1 N–H and O–H groups in total. The molecule has 134 valence electrons. The van der Waals surface area contributed by atoms with Gasteiger partial charge in [-0.1, -0.05) is 23.2 Å². The summed E-state index contributed by atoms with van der Waals surface area (Å²) in [6.45, 7) is 3.08. The molecule has 2 heterocycles. The first-order valence-electron chi connectivity index (χ1n) is 9.04. The third kappa shape index (κ3) is 2.99. The van der Waals surface area contributed by atoms with Crippen LogP contribution in [0.25, 0.3) is 5.57 Å². The number of hydrogen-bond donors (Lipinski definition) is 1. The lowest BCUT2D eigenvalue weighted by Gasteiger charge is -2.29. The molecular formula is C21H22ClN2O2+. The molecule has 1 saturated heterocycles. The summed E-state index contributed by atoms with van der Waals surface area (Å²) in [5.74, 6) is 0.125. The van der Waals surface area contributed by atoms with E-state index in [0.29, 0.717) is 0 Å². The number of benzene rings is 1. The van der Waals surface area contributed by atoms with Crippen LogP contribution in [0.4, 0.5) is 0 Å². The predicted octanol–water partition coefficient (Wildman–Crippen LogP) is 3.41. The second-order valence-corrected chi connectivity index (χ2v) is 7.45. The van der Waals surface area contributed by atoms with Crippen molar-refractivity contribution in [3.63, 3.8) is 0 Å². The van der Waals surface area contributed by atoms with E-state index in [1.165, 1.54) is 15.9 Å². The lowest BCUT2D eigenvalue weighted by molar-refractivity contribution is -0.906. The highest BCUT2D eigenvalue weighted by molar-refractivity contribution is 6.30. The Kier molecular flexibility index (Phi) is 4.45. The lowest BCUT2D eigenvalue weighted by Crippen LogP contribution is -2.37. The Morgan fingerprint density at radius 2 is 1.85 bits per heavy atom. The van der Waals surface area contributed by atoms with Gasteiger partial charge in [0.1, 0.15) is 0 Å². The number of piperidine rings is 1. The maximum Gasteiger partial charge on any atom is 0.268 e. The summed E-state index contributed by atoms with van der Waals surface area (Å²) in [5, 5.41) is 11.3. The van der Waals surface area contributed by atoms with Gasteiger partial charge in [0.25, 0.3) is 5.69 Å². The summed E-state index contributed by atoms with van der Waals surface area (Å²) in [6.07, 6.45) is 5.09. The molecule has 1 aliphatic heterocycles. The normalized spacial score (nSPS) is 16.8. The standard InChI is InChI=1S/C21H22ClN2O2/c1-14(25)23-11-8-15(9-12-23)20-19-7-6-18(22)13-17(19)5-4-16-3-2-10-24(26)21(16)20/h2-3,6-7,10,13,26H,4-5,8-9,11-12H2,1H3/q+1. The molecule has 0 unspecified atom stereocenters. The van der Waals surface area contributed by atoms with Crippen molar-refractivity contribution in [2.45, 2.75) is 32.6 Å². The van der Waals surface area contributed by atoms with Crippen LogP contribution in [0.5, 0.6) is 0 Å². The van der Waals surface area contributed by atoms with Gasteiger partial charge >= 0.3 is 0 Å². The van der Waals surface area contributed by atoms with Gasteiger partial charge in [0, 0.05) is 41.4 Å². The SMILES string of the molecule is CC(=O)N1CCC(=C2c3ccc(Cl)cc3CCc3ccc[n+](O)c32)CC1. The molecule has 0 radical (unpaired) electrons. The zero-order valence-electron chi connectivity index (χ0n) is 14.8. The molecule has 4 rings (SSSR count). The summed E-state index contributed by atoms with van der Waals surface area (Å²) in [7, 11) is 0. The number of aromatic nitrogens is 1. The molecule has 2 aromatic rings. The predicted molar refractivity (Wildman–Crippen MR) is 100 cm³/mol. The Bertz CT molecular complexity index is 910. The molecule has 1 aromatic carbocycles. The van der Waals surface area contributed by atoms with E-state index in [9.17, 15) is 10.0 Å². The first-order valence-corrected chi connectivity index (χ1v) is 9.42. The van der Waals surface area contributed by atoms with Crippen LogP contribution in [0.1, 0.15) is 42.1 Å². The summed E-state index contributed by atoms with van der Waals surface area (Å²) in [4.78, 5) is 13.6. The Labute approximate surface area is 158 Å². The Balaban J connectivity index is 1.90. The number of likely N-dealkylation sites (tertiary alicyclic amines) is 1. The first-order chi connectivity index (χ1) is 12.5. The van der Waals surface area contributed by atoms with E-state index in [1.54, 1.807) is 13.1 Å². The summed E-state index contributed by atoms with van der Waals surface area (Å²) >= 11 is 6.25. The van der Waals surface area contributed by atoms with Crippen LogP contribution in [0, 0.1) is 0 Å². The van der Waals surface area contributed by atoms with E-state index in [-0.39, 0.29) is 5.91 Å². The number of aryl methyl sites for hydroxylation is 2. The molecule has 0 bridgehead atoms. The fourth-order valence-corrected chi connectivity index (χ4v) is 4.32. The van der Waals surface area contributed by atoms with Crippen LogP contribution in [-0.4, -0.2) is 29.1 Å². The van der Waals surface area contributed by atoms with Crippen molar-refractivity contribution in [1.29, 1.82) is 0 Å². The topological polar surface area (TPSA) is 44.4 Å². The van der Waals surface area contributed by atoms with Gasteiger partial charge in [0.2, 0.25) is 12.1 Å². The molecular weight excluding hydrogens is 348 g/mol. The van der Waals surface area contributed by atoms with E-state index in [4.69, 9.17) is 11.6 Å². The van der Waals surface area contributed by atoms with Crippen molar-refractivity contribution in [2.24, 2.45) is 0 Å². The van der Waals surface area contributed by atoms with E-state index in [0.717, 1.165) is 66.2 Å². The van der Waals surface area contributed by atoms with E-state index < -0.39 is 0 Å². The molecule has 0 saturated carbocycles. The largest absolute Gasteiger partial charge is 0.342 e. The number of rotatable bonds is 0. The second kappa shape index (κ2) is 6.76. The number of carbonyl (C=O) groups excluding carboxylic acids is 1. The van der Waals surface area contributed by atoms with Crippen molar-refractivity contribution < 1.29 is 14.7 Å². The molecule has 1 aromatic heterocycles. The van der Waals surface area contributed by atoms with Gasteiger partial charge in [-0.2, -0.15) is 0 Å². The fourth-order valence-electron chi connectivity index (χ4n) is 4.13. The Morgan fingerprint density at radius 1 is 1.12 bits per heavy atom. The highest BCUT2D eigenvalue weighted by Gasteiger charge is 2.31. The molecule has 1 amide bonds. The van der Waals surface area contributed by atoms with Crippen molar-refractivity contribution in [2.75, 3.05) is 13.1 Å². The number of amides is 1. The van der Waals surface area contributed by atoms with E-state index in [2.05, 4.69) is 12.1 Å². The quantitative estimate of drug-likeness (QED) is 0.571. The minimum atomic E-state index is 0.125. The lowest BCUT2D eigenvalue weighted by atomic mass is 9.88. The van der Waals surface area contributed by atoms with Crippen LogP contribution < -0.4 is 4.73 Å². The molecule has 2 aliphatic rings. The van der Waals surface area contributed by atoms with Crippen molar-refractivity contribution in [3.8, 4) is 0 Å². The van der Waals surface area contributed by atoms with Crippen molar-refractivity contribution in [3.05, 3.63) is 69.5 Å². The average molecular weight is 370 g/mol. The zero-order chi connectivity index (χ0) is 18.3. The van der Waals surface area contributed by atoms with Gasteiger partial charge in [0.15, 0.2) is 0 Å². The monoisotopic (exact) mass is 369 g/mol. The van der Waals surface area contributed by atoms with Crippen LogP contribution in [0.15, 0.2) is 42.1 Å². The van der Waals surface area contributed by atoms with E-state index in [1.807, 2.05) is 23.1 Å². The number of fused-ring (bicyclic) bond motifs is 2. The Morgan fingerprint density at radius 3 is 2.58 bits per heavy atom. The minimum absolute atomic E-state index is 0.125. The summed E-state index contributed by atoms with van der Waals surface area (Å²) in [6, 6.07) is 9.99. The molecule has 0 atom stereocenters. The molecule has 26 heavy (non-hydrogen) atoms. The molecule has 1 fully saturated rings. The average Bonchev–Trinajstić information content (AvgIpc) is 2.79. The summed E-state index contributed by atoms with van der Waals surface area (Å²) in [5.41, 5.74) is 6.77. The van der Waals surface area contributed by atoms with Crippen LogP contribution in [0.3, 0.4) is 0 Å². The van der Waals surface area contributed by atoms with Gasteiger partial charge in [-0.3, -0.25) is 10.0 Å². The molecule has 0 spiro atoms. The fraction of sp³-hybridized carbons (Fsp3) is 0.333. The third-order valence-corrected chi connectivity index (χ3v) is 5.70. The van der Waals surface area contributed by atoms with Gasteiger partial charge in [-0.15, -0.1) is 0 Å². The van der Waals surface area contributed by atoms with Crippen LogP contribution in [0.2, 0.25) is 5.02 Å². The molecule has 5 heteroatoms. The summed E-state index contributed by atoms with van der Waals surface area (Å²) < 4.78 is 1.25. The van der Waals surface area contributed by atoms with Gasteiger partial charge in [-0.25, -0.2) is 0 Å². The number of hydrogen-bond acceptors (Lipinski definition) is 2. The maximum atomic E-state index is 11.7. The zero-order valence-corrected chi connectivity index (χ0v) is 15.6. The molecule has 1 aliphatic carbocycles. The Hall–Kier alpha value is -2.33. The highest BCUT2D eigenvalue weighted by atomic mass is 35.5. The minimum Gasteiger partial charge on any atom is -0.342 e. The van der Waals surface area contributed by atoms with Gasteiger partial charge < -0.3 is 4.90 Å². The molecule has 4 nitrogen and oxygen atoms in total. The smallest absolute Gasteiger partial charge is 0.268 e. The highest BCUT2D eigenvalue weighted by Crippen LogP contribution is 2.37. The number of nitrogens with zero attached hydrogens (tertiary/aromatic N) is 2. The van der Waals surface area contributed by atoms with Gasteiger partial charge in [0.05, 0.1) is 5.57 Å². The van der Waals surface area contributed by atoms with Crippen molar-refractivity contribution in [1.82, 2.24) is 4.90 Å². The first kappa shape index (κ1) is 17.1. The van der Waals surface area contributed by atoms with Crippen LogP contribution >= 0.6 is 11.6 Å². The third-order valence-electron chi connectivity index (χ3n) is 5.46. The number of halogens is 1. The second-order valence-electron chi connectivity index (χ2n) is 7.01. The van der Waals surface area contributed by atoms with E-state index >= 15 is 0 Å².